The van der Waals surface area contributed by atoms with Gasteiger partial charge in [-0.1, -0.05) is 30.3 Å². The zero-order valence-corrected chi connectivity index (χ0v) is 15.7. The number of aromatic nitrogens is 2. The maximum Gasteiger partial charge on any atom is 0.271 e. The zero-order chi connectivity index (χ0) is 19.3. The molecule has 0 aliphatic rings. The van der Waals surface area contributed by atoms with Gasteiger partial charge in [0.2, 0.25) is 0 Å². The monoisotopic (exact) mass is 387 g/mol. The number of nitrogens with one attached hydrogen (secondary N) is 2. The predicted molar refractivity (Wildman–Crippen MR) is 113 cm³/mol. The molecule has 1 aromatic heterocycles. The highest BCUT2D eigenvalue weighted by molar-refractivity contribution is 7.98. The first-order valence-corrected chi connectivity index (χ1v) is 9.75. The number of amides is 1. The highest BCUT2D eigenvalue weighted by Gasteiger charge is 2.07. The third-order valence-corrected chi connectivity index (χ3v) is 5.22. The Bertz CT molecular complexity index is 1170. The molecule has 0 unspecified atom stereocenters. The summed E-state index contributed by atoms with van der Waals surface area (Å²) >= 11 is 1.53. The number of hydrogen-bond donors (Lipinski definition) is 2. The zero-order valence-electron chi connectivity index (χ0n) is 14.9. The molecule has 0 fully saturated rings. The normalized spacial score (nSPS) is 10.7. The Kier molecular flexibility index (Phi) is 5.21. The van der Waals surface area contributed by atoms with E-state index in [2.05, 4.69) is 15.3 Å². The number of hydrogen-bond acceptors (Lipinski definition) is 4. The number of rotatable bonds is 5. The number of carbonyl (C=O) groups excluding carboxylic acids is 1. The van der Waals surface area contributed by atoms with Crippen molar-refractivity contribution in [1.29, 1.82) is 0 Å². The maximum absolute atomic E-state index is 12.2. The Labute approximate surface area is 165 Å². The van der Waals surface area contributed by atoms with Crippen molar-refractivity contribution in [1.82, 2.24) is 9.97 Å². The molecule has 4 aromatic rings. The van der Waals surface area contributed by atoms with Crippen LogP contribution in [0.15, 0.2) is 88.6 Å². The molecule has 3 aromatic carbocycles. The Balaban J connectivity index is 1.42. The summed E-state index contributed by atoms with van der Waals surface area (Å²) in [6.45, 7) is 0. The lowest BCUT2D eigenvalue weighted by Gasteiger charge is -2.07. The molecular weight excluding hydrogens is 370 g/mol. The van der Waals surface area contributed by atoms with Gasteiger partial charge in [0.25, 0.3) is 11.5 Å². The van der Waals surface area contributed by atoms with Crippen molar-refractivity contribution in [3.63, 3.8) is 0 Å². The van der Waals surface area contributed by atoms with Crippen molar-refractivity contribution in [2.75, 3.05) is 5.32 Å². The summed E-state index contributed by atoms with van der Waals surface area (Å²) in [5.41, 5.74) is 3.17. The molecule has 0 aliphatic carbocycles. The number of benzene rings is 3. The van der Waals surface area contributed by atoms with Gasteiger partial charge in [0.1, 0.15) is 5.69 Å². The first-order valence-electron chi connectivity index (χ1n) is 8.76. The number of anilines is 1. The average Bonchev–Trinajstić information content (AvgIpc) is 2.74. The van der Waals surface area contributed by atoms with E-state index in [-0.39, 0.29) is 11.5 Å². The Morgan fingerprint density at radius 2 is 1.64 bits per heavy atom. The Morgan fingerprint density at radius 1 is 0.929 bits per heavy atom. The number of para-hydroxylation sites is 2. The second-order valence-electron chi connectivity index (χ2n) is 6.16. The maximum atomic E-state index is 12.2. The van der Waals surface area contributed by atoms with Crippen LogP contribution in [0.3, 0.4) is 0 Å². The fourth-order valence-electron chi connectivity index (χ4n) is 2.74. The van der Waals surface area contributed by atoms with Crippen molar-refractivity contribution in [3.05, 3.63) is 100 Å². The van der Waals surface area contributed by atoms with Gasteiger partial charge in [-0.2, -0.15) is 0 Å². The van der Waals surface area contributed by atoms with Gasteiger partial charge in [-0.25, -0.2) is 4.98 Å². The number of aromatic amines is 1. The number of H-pyrrole nitrogens is 1. The van der Waals surface area contributed by atoms with Crippen molar-refractivity contribution in [2.45, 2.75) is 10.6 Å². The summed E-state index contributed by atoms with van der Waals surface area (Å²) in [6, 6.07) is 24.1. The van der Waals surface area contributed by atoms with Crippen LogP contribution in [-0.2, 0) is 5.75 Å². The molecule has 0 spiro atoms. The lowest BCUT2D eigenvalue weighted by molar-refractivity contribution is 0.102. The van der Waals surface area contributed by atoms with E-state index in [9.17, 15) is 9.59 Å². The molecule has 0 saturated carbocycles. The van der Waals surface area contributed by atoms with Gasteiger partial charge < -0.3 is 10.3 Å². The van der Waals surface area contributed by atoms with Gasteiger partial charge in [-0.05, 0) is 48.5 Å². The first kappa shape index (κ1) is 18.0. The molecular formula is C22H17N3O2S. The SMILES string of the molecule is O=C(Nc1ccc(SCc2nc3ccccc3[nH]c2=O)cc1)c1ccccc1. The van der Waals surface area contributed by atoms with E-state index < -0.39 is 0 Å². The lowest BCUT2D eigenvalue weighted by Crippen LogP contribution is -2.14. The molecule has 4 rings (SSSR count). The molecule has 1 amide bonds. The van der Waals surface area contributed by atoms with Gasteiger partial charge in [-0.3, -0.25) is 9.59 Å². The van der Waals surface area contributed by atoms with Crippen molar-refractivity contribution in [2.24, 2.45) is 0 Å². The quantitative estimate of drug-likeness (QED) is 0.496. The summed E-state index contributed by atoms with van der Waals surface area (Å²) < 4.78 is 0. The van der Waals surface area contributed by atoms with Crippen molar-refractivity contribution in [3.8, 4) is 0 Å². The van der Waals surface area contributed by atoms with Crippen LogP contribution in [0.4, 0.5) is 5.69 Å². The van der Waals surface area contributed by atoms with Crippen LogP contribution in [0, 0.1) is 0 Å². The smallest absolute Gasteiger partial charge is 0.271 e. The van der Waals surface area contributed by atoms with Gasteiger partial charge >= 0.3 is 0 Å². The van der Waals surface area contributed by atoms with Crippen LogP contribution in [0.1, 0.15) is 16.1 Å². The van der Waals surface area contributed by atoms with Crippen LogP contribution >= 0.6 is 11.8 Å². The standard InChI is InChI=1S/C22H17N3O2S/c26-21(15-6-2-1-3-7-15)23-16-10-12-17(13-11-16)28-14-20-22(27)25-19-9-5-4-8-18(19)24-20/h1-13H,14H2,(H,23,26)(H,25,27). The number of carbonyl (C=O) groups is 1. The summed E-state index contributed by atoms with van der Waals surface area (Å²) in [5, 5.41) is 2.87. The second-order valence-corrected chi connectivity index (χ2v) is 7.21. The Morgan fingerprint density at radius 3 is 2.43 bits per heavy atom. The van der Waals surface area contributed by atoms with Crippen molar-refractivity contribution >= 4 is 34.4 Å². The molecule has 5 nitrogen and oxygen atoms in total. The predicted octanol–water partition coefficient (Wildman–Crippen LogP) is 4.47. The molecule has 0 saturated heterocycles. The van der Waals surface area contributed by atoms with Gasteiger partial charge in [0, 0.05) is 21.9 Å². The fraction of sp³-hybridized carbons (Fsp3) is 0.0455. The third kappa shape index (κ3) is 4.13. The molecule has 0 radical (unpaired) electrons. The minimum atomic E-state index is -0.169. The largest absolute Gasteiger partial charge is 0.322 e. The molecule has 28 heavy (non-hydrogen) atoms. The molecule has 1 heterocycles. The number of fused-ring (bicyclic) bond motifs is 1. The van der Waals surface area contributed by atoms with Crippen LogP contribution in [-0.4, -0.2) is 15.9 Å². The Hall–Kier alpha value is -3.38. The number of nitrogens with zero attached hydrogens (tertiary/aromatic N) is 1. The molecule has 0 aliphatic heterocycles. The van der Waals surface area contributed by atoms with E-state index in [0.717, 1.165) is 21.6 Å². The summed E-state index contributed by atoms with van der Waals surface area (Å²) in [7, 11) is 0. The van der Waals surface area contributed by atoms with Gasteiger partial charge in [0.15, 0.2) is 0 Å². The summed E-state index contributed by atoms with van der Waals surface area (Å²) in [4.78, 5) is 32.7. The van der Waals surface area contributed by atoms with Crippen molar-refractivity contribution < 1.29 is 4.79 Å². The highest BCUT2D eigenvalue weighted by atomic mass is 32.2. The minimum Gasteiger partial charge on any atom is -0.322 e. The van der Waals surface area contributed by atoms with Crippen LogP contribution in [0.2, 0.25) is 0 Å². The van der Waals surface area contributed by atoms with E-state index in [1.807, 2.05) is 66.7 Å². The first-order chi connectivity index (χ1) is 13.7. The van der Waals surface area contributed by atoms with Crippen LogP contribution < -0.4 is 10.9 Å². The van der Waals surface area contributed by atoms with Crippen LogP contribution in [0.25, 0.3) is 11.0 Å². The molecule has 0 atom stereocenters. The topological polar surface area (TPSA) is 74.8 Å². The highest BCUT2D eigenvalue weighted by Crippen LogP contribution is 2.23. The summed E-state index contributed by atoms with van der Waals surface area (Å²) in [5.74, 6) is 0.323. The van der Waals surface area contributed by atoms with E-state index in [4.69, 9.17) is 0 Å². The third-order valence-electron chi connectivity index (χ3n) is 4.19. The molecule has 6 heteroatoms. The molecule has 138 valence electrons. The van der Waals surface area contributed by atoms with E-state index in [1.54, 1.807) is 12.1 Å². The average molecular weight is 387 g/mol. The van der Waals surface area contributed by atoms with Gasteiger partial charge in [0.05, 0.1) is 11.0 Å². The minimum absolute atomic E-state index is 0.145. The number of thioether (sulfide) groups is 1. The van der Waals surface area contributed by atoms with E-state index >= 15 is 0 Å². The second kappa shape index (κ2) is 8.10. The van der Waals surface area contributed by atoms with Crippen LogP contribution in [0.5, 0.6) is 0 Å². The van der Waals surface area contributed by atoms with E-state index in [1.165, 1.54) is 11.8 Å². The fourth-order valence-corrected chi connectivity index (χ4v) is 3.57. The summed E-state index contributed by atoms with van der Waals surface area (Å²) in [6.07, 6.45) is 0. The van der Waals surface area contributed by atoms with Gasteiger partial charge in [-0.15, -0.1) is 11.8 Å². The molecule has 2 N–H and O–H groups in total. The molecule has 0 bridgehead atoms. The van der Waals surface area contributed by atoms with E-state index in [0.29, 0.717) is 17.0 Å². The lowest BCUT2D eigenvalue weighted by atomic mass is 10.2.